The molecule has 9 nitrogen and oxygen atoms in total. The van der Waals surface area contributed by atoms with Crippen LogP contribution in [0.5, 0.6) is 0 Å². The molecule has 0 bridgehead atoms. The van der Waals surface area contributed by atoms with E-state index in [1.54, 1.807) is 17.3 Å². The van der Waals surface area contributed by atoms with Crippen LogP contribution in [0.4, 0.5) is 10.3 Å². The molecule has 12 heteroatoms. The first-order valence-corrected chi connectivity index (χ1v) is 10.9. The van der Waals surface area contributed by atoms with E-state index in [-0.39, 0.29) is 25.2 Å². The van der Waals surface area contributed by atoms with Gasteiger partial charge >= 0.3 is 0 Å². The van der Waals surface area contributed by atoms with E-state index in [2.05, 4.69) is 29.2 Å². The summed E-state index contributed by atoms with van der Waals surface area (Å²) in [6, 6.07) is 3.00. The fraction of sp³-hybridized carbons (Fsp3) is 0.444. The van der Waals surface area contributed by atoms with Crippen molar-refractivity contribution in [1.82, 2.24) is 25.0 Å². The average Bonchev–Trinajstić information content (AvgIpc) is 3.25. The lowest BCUT2D eigenvalue weighted by molar-refractivity contribution is -0.191. The van der Waals surface area contributed by atoms with Gasteiger partial charge in [0, 0.05) is 44.5 Å². The third-order valence-electron chi connectivity index (χ3n) is 5.21. The van der Waals surface area contributed by atoms with Gasteiger partial charge in [-0.1, -0.05) is 22.6 Å². The molecule has 2 aromatic rings. The minimum Gasteiger partial charge on any atom is -0.339 e. The van der Waals surface area contributed by atoms with Crippen molar-refractivity contribution >= 4 is 43.7 Å². The molecule has 2 saturated heterocycles. The summed E-state index contributed by atoms with van der Waals surface area (Å²) in [4.78, 5) is 37.3. The maximum absolute atomic E-state index is 16.3. The van der Waals surface area contributed by atoms with E-state index < -0.39 is 20.8 Å². The van der Waals surface area contributed by atoms with Gasteiger partial charge in [-0.15, -0.1) is 9.24 Å². The van der Waals surface area contributed by atoms with E-state index >= 15 is 4.39 Å². The van der Waals surface area contributed by atoms with Crippen LogP contribution >= 0.6 is 31.8 Å². The van der Waals surface area contributed by atoms with Crippen molar-refractivity contribution in [2.45, 2.75) is 27.7 Å². The molecule has 4 unspecified atom stereocenters. The standard InChI is InChI=1S/C18H18FIN7O2P/c19-17(15(28)27-14(2-8-29-27)13-10-22-5-6-23-13)3-7-26(11-18(17,20)30)16-24-4-1-12(9-21)25-16/h1,4-6,10,14H,2-3,7-8,11,30H2. The summed E-state index contributed by atoms with van der Waals surface area (Å²) in [5, 5.41) is 10.2. The van der Waals surface area contributed by atoms with Gasteiger partial charge in [-0.3, -0.25) is 19.6 Å². The van der Waals surface area contributed by atoms with Gasteiger partial charge in [0.15, 0.2) is 0 Å². The summed E-state index contributed by atoms with van der Waals surface area (Å²) >= 11 is 1.95. The second-order valence-corrected chi connectivity index (χ2v) is 11.2. The van der Waals surface area contributed by atoms with Gasteiger partial charge in [-0.2, -0.15) is 5.26 Å². The fourth-order valence-corrected chi connectivity index (χ4v) is 4.99. The van der Waals surface area contributed by atoms with Gasteiger partial charge in [0.05, 0.1) is 21.7 Å². The lowest BCUT2D eigenvalue weighted by Gasteiger charge is -2.46. The Hall–Kier alpha value is -2.03. The number of amides is 1. The molecule has 2 aromatic heterocycles. The lowest BCUT2D eigenvalue weighted by Crippen LogP contribution is -2.63. The number of carbonyl (C=O) groups is 1. The molecule has 1 amide bonds. The molecule has 0 aromatic carbocycles. The summed E-state index contributed by atoms with van der Waals surface area (Å²) in [5.74, 6) is -0.395. The van der Waals surface area contributed by atoms with Crippen LogP contribution in [-0.4, -0.2) is 59.4 Å². The van der Waals surface area contributed by atoms with Crippen molar-refractivity contribution in [3.8, 4) is 6.07 Å². The zero-order valence-electron chi connectivity index (χ0n) is 15.8. The van der Waals surface area contributed by atoms with Crippen LogP contribution in [0.15, 0.2) is 30.9 Å². The number of hydroxylamine groups is 2. The normalized spacial score (nSPS) is 28.9. The van der Waals surface area contributed by atoms with Crippen LogP contribution in [0, 0.1) is 11.3 Å². The van der Waals surface area contributed by atoms with E-state index in [0.29, 0.717) is 24.7 Å². The molecule has 4 rings (SSSR count). The van der Waals surface area contributed by atoms with Crippen molar-refractivity contribution in [2.75, 3.05) is 24.6 Å². The Morgan fingerprint density at radius 1 is 1.40 bits per heavy atom. The maximum atomic E-state index is 16.3. The molecule has 2 fully saturated rings. The highest BCUT2D eigenvalue weighted by Gasteiger charge is 2.60. The largest absolute Gasteiger partial charge is 0.339 e. The Morgan fingerprint density at radius 2 is 2.23 bits per heavy atom. The predicted octanol–water partition coefficient (Wildman–Crippen LogP) is 1.97. The van der Waals surface area contributed by atoms with E-state index in [1.165, 1.54) is 18.5 Å². The van der Waals surface area contributed by atoms with Gasteiger partial charge < -0.3 is 4.90 Å². The van der Waals surface area contributed by atoms with Gasteiger partial charge in [0.25, 0.3) is 5.91 Å². The number of hydrogen-bond acceptors (Lipinski definition) is 8. The van der Waals surface area contributed by atoms with Crippen molar-refractivity contribution < 1.29 is 14.0 Å². The summed E-state index contributed by atoms with van der Waals surface area (Å²) in [6.07, 6.45) is 6.57. The highest BCUT2D eigenvalue weighted by Crippen LogP contribution is 2.50. The number of nitriles is 1. The van der Waals surface area contributed by atoms with E-state index in [0.717, 1.165) is 5.06 Å². The molecule has 0 aliphatic carbocycles. The molecule has 0 radical (unpaired) electrons. The second kappa shape index (κ2) is 8.24. The fourth-order valence-electron chi connectivity index (χ4n) is 3.59. The summed E-state index contributed by atoms with van der Waals surface area (Å²) in [5.41, 5.74) is -1.39. The molecule has 0 saturated carbocycles. The first kappa shape index (κ1) is 21.2. The molecular formula is C18H18FIN7O2P. The Labute approximate surface area is 188 Å². The van der Waals surface area contributed by atoms with Crippen molar-refractivity contribution in [3.63, 3.8) is 0 Å². The third kappa shape index (κ3) is 3.72. The molecule has 4 heterocycles. The number of halogens is 2. The monoisotopic (exact) mass is 541 g/mol. The Balaban J connectivity index is 1.57. The summed E-state index contributed by atoms with van der Waals surface area (Å²) in [7, 11) is 2.47. The molecule has 156 valence electrons. The first-order valence-electron chi connectivity index (χ1n) is 9.23. The van der Waals surface area contributed by atoms with Crippen molar-refractivity contribution in [3.05, 3.63) is 42.2 Å². The van der Waals surface area contributed by atoms with Gasteiger partial charge in [-0.05, 0) is 6.07 Å². The van der Waals surface area contributed by atoms with Crippen LogP contribution in [-0.2, 0) is 9.63 Å². The van der Waals surface area contributed by atoms with E-state index in [1.807, 2.05) is 28.7 Å². The molecule has 2 aliphatic heterocycles. The highest BCUT2D eigenvalue weighted by atomic mass is 127. The summed E-state index contributed by atoms with van der Waals surface area (Å²) in [6.45, 7) is 0.688. The molecule has 30 heavy (non-hydrogen) atoms. The van der Waals surface area contributed by atoms with Crippen molar-refractivity contribution in [1.29, 1.82) is 5.26 Å². The topological polar surface area (TPSA) is 108 Å². The van der Waals surface area contributed by atoms with Crippen LogP contribution < -0.4 is 4.90 Å². The molecule has 4 atom stereocenters. The summed E-state index contributed by atoms with van der Waals surface area (Å²) < 4.78 is 15.1. The van der Waals surface area contributed by atoms with Gasteiger partial charge in [-0.25, -0.2) is 19.4 Å². The smallest absolute Gasteiger partial charge is 0.286 e. The molecular weight excluding hydrogens is 523 g/mol. The number of piperidine rings is 1. The molecule has 2 aliphatic rings. The zero-order chi connectivity index (χ0) is 21.4. The van der Waals surface area contributed by atoms with Gasteiger partial charge in [0.1, 0.15) is 17.8 Å². The number of nitrogens with zero attached hydrogens (tertiary/aromatic N) is 7. The second-order valence-electron chi connectivity index (χ2n) is 7.09. The number of aromatic nitrogens is 4. The average molecular weight is 541 g/mol. The quantitative estimate of drug-likeness (QED) is 0.330. The number of carbonyl (C=O) groups excluding carboxylic acids is 1. The Morgan fingerprint density at radius 3 is 2.93 bits per heavy atom. The van der Waals surface area contributed by atoms with E-state index in [9.17, 15) is 4.79 Å². The third-order valence-corrected chi connectivity index (χ3v) is 7.05. The molecule has 0 spiro atoms. The maximum Gasteiger partial charge on any atom is 0.286 e. The van der Waals surface area contributed by atoms with E-state index in [4.69, 9.17) is 10.1 Å². The van der Waals surface area contributed by atoms with Crippen LogP contribution in [0.3, 0.4) is 0 Å². The predicted molar refractivity (Wildman–Crippen MR) is 116 cm³/mol. The zero-order valence-corrected chi connectivity index (χ0v) is 19.1. The number of hydrogen-bond donors (Lipinski definition) is 0. The Bertz CT molecular complexity index is 992. The number of alkyl halides is 2. The van der Waals surface area contributed by atoms with Crippen LogP contribution in [0.2, 0.25) is 0 Å². The number of rotatable bonds is 3. The minimum atomic E-state index is -2.19. The SMILES string of the molecule is N#Cc1ccnc(N2CCC(F)(C(=O)N3OCCC3c3cnccn3)C(P)(I)C2)n1. The first-order chi connectivity index (χ1) is 14.4. The van der Waals surface area contributed by atoms with Gasteiger partial charge in [0.2, 0.25) is 11.6 Å². The Kier molecular flexibility index (Phi) is 5.83. The highest BCUT2D eigenvalue weighted by molar-refractivity contribution is 14.1. The van der Waals surface area contributed by atoms with Crippen molar-refractivity contribution in [2.24, 2.45) is 0 Å². The minimum absolute atomic E-state index is 0.0779. The number of anilines is 1. The van der Waals surface area contributed by atoms with Crippen LogP contribution in [0.1, 0.15) is 30.3 Å². The lowest BCUT2D eigenvalue weighted by atomic mass is 9.91. The molecule has 0 N–H and O–H groups in total. The van der Waals surface area contributed by atoms with Crippen LogP contribution in [0.25, 0.3) is 0 Å².